The maximum absolute atomic E-state index is 5.98. The molecule has 7 aromatic rings. The summed E-state index contributed by atoms with van der Waals surface area (Å²) in [6, 6.07) is 51.5. The van der Waals surface area contributed by atoms with Crippen LogP contribution in [0.25, 0.3) is 54.9 Å². The van der Waals surface area contributed by atoms with Crippen LogP contribution in [0.1, 0.15) is 22.3 Å². The van der Waals surface area contributed by atoms with Crippen LogP contribution >= 0.6 is 0 Å². The molecule has 40 heavy (non-hydrogen) atoms. The molecule has 1 nitrogen and oxygen atoms in total. The maximum atomic E-state index is 5.98. The van der Waals surface area contributed by atoms with Gasteiger partial charge in [0.05, 0.1) is 5.41 Å². The average Bonchev–Trinajstić information content (AvgIpc) is 3.47. The molecule has 186 valence electrons. The van der Waals surface area contributed by atoms with Crippen LogP contribution in [-0.4, -0.2) is 0 Å². The summed E-state index contributed by atoms with van der Waals surface area (Å²) in [6.45, 7) is 0. The molecule has 9 rings (SSSR count). The van der Waals surface area contributed by atoms with Crippen molar-refractivity contribution in [3.8, 4) is 33.4 Å². The van der Waals surface area contributed by atoms with Gasteiger partial charge in [-0.2, -0.15) is 0 Å². The number of benzene rings is 7. The van der Waals surface area contributed by atoms with Gasteiger partial charge in [0.2, 0.25) is 0 Å². The van der Waals surface area contributed by atoms with Gasteiger partial charge in [0.25, 0.3) is 0 Å². The van der Waals surface area contributed by atoms with E-state index in [1.807, 2.05) is 12.1 Å². The molecule has 0 saturated carbocycles. The second kappa shape index (κ2) is 7.71. The molecular formula is C39H25N. The van der Waals surface area contributed by atoms with Gasteiger partial charge < -0.3 is 5.73 Å². The number of fused-ring (bicyclic) bond motifs is 13. The zero-order chi connectivity index (χ0) is 26.4. The smallest absolute Gasteiger partial charge is 0.0731 e. The third-order valence-electron chi connectivity index (χ3n) is 9.17. The molecule has 0 saturated heterocycles. The topological polar surface area (TPSA) is 26.0 Å². The second-order valence-corrected chi connectivity index (χ2v) is 11.1. The second-order valence-electron chi connectivity index (χ2n) is 11.1. The lowest BCUT2D eigenvalue weighted by molar-refractivity contribution is 0.802. The molecule has 0 fully saturated rings. The lowest BCUT2D eigenvalue weighted by Gasteiger charge is -2.31. The Morgan fingerprint density at radius 2 is 1.02 bits per heavy atom. The summed E-state index contributed by atoms with van der Waals surface area (Å²) in [6.07, 6.45) is 0. The molecule has 0 aromatic heterocycles. The molecule has 1 spiro atoms. The van der Waals surface area contributed by atoms with Crippen molar-refractivity contribution in [1.82, 2.24) is 0 Å². The Hall–Kier alpha value is -5.14. The van der Waals surface area contributed by atoms with Gasteiger partial charge in [-0.1, -0.05) is 109 Å². The standard InChI is InChI=1S/C39H25N/c40-29-17-13-24(14-18-29)27-15-19-30-28(21-27)16-20-33-34-22-25-7-1-2-8-26(25)23-37(34)39(38(30)33)35-11-5-3-9-31(35)32-10-4-6-12-36(32)39/h1-23H,40H2. The van der Waals surface area contributed by atoms with Crippen molar-refractivity contribution < 1.29 is 0 Å². The van der Waals surface area contributed by atoms with Crippen molar-refractivity contribution >= 4 is 27.2 Å². The minimum Gasteiger partial charge on any atom is -0.399 e. The van der Waals surface area contributed by atoms with Gasteiger partial charge >= 0.3 is 0 Å². The van der Waals surface area contributed by atoms with Crippen LogP contribution < -0.4 is 5.73 Å². The lowest BCUT2D eigenvalue weighted by atomic mass is 9.69. The number of rotatable bonds is 1. The minimum absolute atomic E-state index is 0.371. The highest BCUT2D eigenvalue weighted by Crippen LogP contribution is 2.64. The van der Waals surface area contributed by atoms with Gasteiger partial charge in [0.15, 0.2) is 0 Å². The Morgan fingerprint density at radius 1 is 0.400 bits per heavy atom. The van der Waals surface area contributed by atoms with Gasteiger partial charge in [-0.25, -0.2) is 0 Å². The van der Waals surface area contributed by atoms with Crippen LogP contribution in [0.4, 0.5) is 5.69 Å². The van der Waals surface area contributed by atoms with Crippen LogP contribution in [-0.2, 0) is 5.41 Å². The van der Waals surface area contributed by atoms with Crippen molar-refractivity contribution in [3.05, 3.63) is 162 Å². The van der Waals surface area contributed by atoms with Crippen molar-refractivity contribution in [2.45, 2.75) is 5.41 Å². The van der Waals surface area contributed by atoms with E-state index in [1.165, 1.54) is 77.2 Å². The molecule has 0 amide bonds. The summed E-state index contributed by atoms with van der Waals surface area (Å²) in [5.74, 6) is 0. The third kappa shape index (κ3) is 2.67. The maximum Gasteiger partial charge on any atom is 0.0731 e. The van der Waals surface area contributed by atoms with E-state index in [9.17, 15) is 0 Å². The van der Waals surface area contributed by atoms with Gasteiger partial charge in [0.1, 0.15) is 0 Å². The van der Waals surface area contributed by atoms with E-state index < -0.39 is 0 Å². The summed E-state index contributed by atoms with van der Waals surface area (Å²) in [7, 11) is 0. The SMILES string of the molecule is Nc1ccc(-c2ccc3c4c(ccc3c2)-c2cc3ccccc3cc2C42c3ccccc3-c3ccccc32)cc1. The summed E-state index contributed by atoms with van der Waals surface area (Å²) < 4.78 is 0. The Bertz CT molecular complexity index is 2120. The highest BCUT2D eigenvalue weighted by molar-refractivity contribution is 6.06. The summed E-state index contributed by atoms with van der Waals surface area (Å²) in [5, 5.41) is 5.13. The highest BCUT2D eigenvalue weighted by atomic mass is 14.5. The van der Waals surface area contributed by atoms with Crippen LogP contribution in [0.5, 0.6) is 0 Å². The Kier molecular flexibility index (Phi) is 4.19. The van der Waals surface area contributed by atoms with Crippen LogP contribution in [0, 0.1) is 0 Å². The third-order valence-corrected chi connectivity index (χ3v) is 9.17. The number of anilines is 1. The van der Waals surface area contributed by atoms with Crippen molar-refractivity contribution in [1.29, 1.82) is 0 Å². The molecule has 7 aromatic carbocycles. The number of hydrogen-bond donors (Lipinski definition) is 1. The summed E-state index contributed by atoms with van der Waals surface area (Å²) >= 11 is 0. The predicted octanol–water partition coefficient (Wildman–Crippen LogP) is 9.59. The quantitative estimate of drug-likeness (QED) is 0.220. The van der Waals surface area contributed by atoms with E-state index in [2.05, 4.69) is 127 Å². The van der Waals surface area contributed by atoms with Crippen LogP contribution in [0.3, 0.4) is 0 Å². The largest absolute Gasteiger partial charge is 0.399 e. The van der Waals surface area contributed by atoms with Crippen LogP contribution in [0.2, 0.25) is 0 Å². The van der Waals surface area contributed by atoms with E-state index in [1.54, 1.807) is 0 Å². The molecule has 2 N–H and O–H groups in total. The molecule has 2 aliphatic carbocycles. The monoisotopic (exact) mass is 507 g/mol. The fraction of sp³-hybridized carbons (Fsp3) is 0.0256. The normalized spacial score (nSPS) is 13.8. The van der Waals surface area contributed by atoms with Gasteiger partial charge in [0, 0.05) is 5.69 Å². The Balaban J connectivity index is 1.44. The van der Waals surface area contributed by atoms with Crippen molar-refractivity contribution in [2.24, 2.45) is 0 Å². The van der Waals surface area contributed by atoms with Crippen LogP contribution in [0.15, 0.2) is 140 Å². The van der Waals surface area contributed by atoms with E-state index in [0.717, 1.165) is 5.69 Å². The Labute approximate surface area is 233 Å². The first-order chi connectivity index (χ1) is 19.7. The van der Waals surface area contributed by atoms with E-state index in [0.29, 0.717) is 0 Å². The molecule has 0 radical (unpaired) electrons. The highest BCUT2D eigenvalue weighted by Gasteiger charge is 2.52. The minimum atomic E-state index is -0.371. The zero-order valence-electron chi connectivity index (χ0n) is 21.9. The number of nitrogen functional groups attached to an aromatic ring is 1. The van der Waals surface area contributed by atoms with Gasteiger partial charge in [-0.05, 0) is 108 Å². The first kappa shape index (κ1) is 21.8. The number of nitrogens with two attached hydrogens (primary N) is 1. The van der Waals surface area contributed by atoms with E-state index >= 15 is 0 Å². The summed E-state index contributed by atoms with van der Waals surface area (Å²) in [4.78, 5) is 0. The fourth-order valence-electron chi connectivity index (χ4n) is 7.52. The molecule has 2 aliphatic rings. The van der Waals surface area contributed by atoms with Gasteiger partial charge in [-0.15, -0.1) is 0 Å². The zero-order valence-corrected chi connectivity index (χ0v) is 21.9. The molecule has 0 unspecified atom stereocenters. The molecular weight excluding hydrogens is 482 g/mol. The van der Waals surface area contributed by atoms with Crippen molar-refractivity contribution in [3.63, 3.8) is 0 Å². The Morgan fingerprint density at radius 3 is 1.75 bits per heavy atom. The van der Waals surface area contributed by atoms with Crippen molar-refractivity contribution in [2.75, 3.05) is 5.73 Å². The van der Waals surface area contributed by atoms with E-state index in [-0.39, 0.29) is 5.41 Å². The molecule has 0 heterocycles. The lowest BCUT2D eigenvalue weighted by Crippen LogP contribution is -2.26. The van der Waals surface area contributed by atoms with E-state index in [4.69, 9.17) is 5.73 Å². The van der Waals surface area contributed by atoms with Gasteiger partial charge in [-0.3, -0.25) is 0 Å². The first-order valence-corrected chi connectivity index (χ1v) is 13.9. The number of hydrogen-bond acceptors (Lipinski definition) is 1. The predicted molar refractivity (Wildman–Crippen MR) is 168 cm³/mol. The fourth-order valence-corrected chi connectivity index (χ4v) is 7.52. The first-order valence-electron chi connectivity index (χ1n) is 13.9. The summed E-state index contributed by atoms with van der Waals surface area (Å²) in [5.41, 5.74) is 19.7. The molecule has 1 heteroatoms. The molecule has 0 atom stereocenters. The molecule has 0 bridgehead atoms. The molecule has 0 aliphatic heterocycles. The average molecular weight is 508 g/mol.